The summed E-state index contributed by atoms with van der Waals surface area (Å²) in [6.45, 7) is 2.70. The number of carbonyl (C=O) groups is 1. The minimum Gasteiger partial charge on any atom is -0.477 e. The van der Waals surface area contributed by atoms with Gasteiger partial charge in [-0.2, -0.15) is 0 Å². The van der Waals surface area contributed by atoms with Crippen molar-refractivity contribution in [1.29, 1.82) is 0 Å². The highest BCUT2D eigenvalue weighted by molar-refractivity contribution is 6.34. The van der Waals surface area contributed by atoms with Crippen molar-refractivity contribution in [3.8, 4) is 5.88 Å². The normalized spacial score (nSPS) is 18.9. The molecule has 2 aromatic heterocycles. The van der Waals surface area contributed by atoms with Crippen molar-refractivity contribution in [1.82, 2.24) is 9.55 Å². The third-order valence-electron chi connectivity index (χ3n) is 6.74. The van der Waals surface area contributed by atoms with E-state index in [1.54, 1.807) is 22.9 Å². The summed E-state index contributed by atoms with van der Waals surface area (Å²) in [4.78, 5) is 30.6. The number of fused-ring (bicyclic) bond motifs is 1. The minimum absolute atomic E-state index is 0.0356. The first-order chi connectivity index (χ1) is 16.2. The van der Waals surface area contributed by atoms with E-state index in [1.807, 2.05) is 11.8 Å². The molecule has 0 bridgehead atoms. The molecular formula is C24H22Cl2FN3O4. The lowest BCUT2D eigenvalue weighted by molar-refractivity contribution is 0.0694. The predicted octanol–water partition coefficient (Wildman–Crippen LogP) is 5.10. The minimum atomic E-state index is -1.35. The lowest BCUT2D eigenvalue weighted by Crippen LogP contribution is -2.35. The van der Waals surface area contributed by atoms with Gasteiger partial charge in [-0.3, -0.25) is 4.79 Å². The molecule has 1 saturated carbocycles. The molecule has 5 rings (SSSR count). The van der Waals surface area contributed by atoms with Crippen LogP contribution in [0.2, 0.25) is 10.0 Å². The fourth-order valence-electron chi connectivity index (χ4n) is 4.62. The van der Waals surface area contributed by atoms with Crippen LogP contribution in [0.25, 0.3) is 10.9 Å². The Kier molecular flexibility index (Phi) is 5.68. The fraction of sp³-hybridized carbons (Fsp3) is 0.375. The second kappa shape index (κ2) is 8.43. The van der Waals surface area contributed by atoms with E-state index in [-0.39, 0.29) is 34.3 Å². The summed E-state index contributed by atoms with van der Waals surface area (Å²) in [5.41, 5.74) is -1.34. The van der Waals surface area contributed by atoms with E-state index in [0.29, 0.717) is 17.4 Å². The second-order valence-corrected chi connectivity index (χ2v) is 9.87. The Morgan fingerprint density at radius 2 is 2.12 bits per heavy atom. The molecular weight excluding hydrogens is 484 g/mol. The molecule has 1 atom stereocenters. The standard InChI is InChI=1S/C24H22Cl2FN3O4/c1-24(6-7-24)30-11-15(23(32)33)21(31)14-10-17(26)20(18(27)19(14)30)29-9-3-4-13(29)12-34-22-16(25)5-2-8-28-22/h2,5,8,10-11,13H,3-4,6-7,9,12H2,1H3,(H,32,33)/t13-/m1/s1. The van der Waals surface area contributed by atoms with Gasteiger partial charge in [0.1, 0.15) is 17.2 Å². The van der Waals surface area contributed by atoms with Crippen LogP contribution in [-0.2, 0) is 5.54 Å². The maximum atomic E-state index is 16.2. The van der Waals surface area contributed by atoms with Crippen LogP contribution in [0.3, 0.4) is 0 Å². The summed E-state index contributed by atoms with van der Waals surface area (Å²) in [5.74, 6) is -1.68. The van der Waals surface area contributed by atoms with Gasteiger partial charge in [-0.15, -0.1) is 0 Å². The number of nitrogens with zero attached hydrogens (tertiary/aromatic N) is 3. The molecule has 178 valence electrons. The summed E-state index contributed by atoms with van der Waals surface area (Å²) >= 11 is 12.7. The number of carboxylic acids is 1. The lowest BCUT2D eigenvalue weighted by Gasteiger charge is -2.29. The second-order valence-electron chi connectivity index (χ2n) is 9.05. The molecule has 1 aliphatic heterocycles. The van der Waals surface area contributed by atoms with E-state index in [4.69, 9.17) is 27.9 Å². The van der Waals surface area contributed by atoms with Crippen molar-refractivity contribution in [2.75, 3.05) is 18.1 Å². The van der Waals surface area contributed by atoms with E-state index < -0.39 is 28.3 Å². The summed E-state index contributed by atoms with van der Waals surface area (Å²) < 4.78 is 23.6. The van der Waals surface area contributed by atoms with Gasteiger partial charge < -0.3 is 19.3 Å². The number of aromatic nitrogens is 2. The van der Waals surface area contributed by atoms with E-state index >= 15 is 4.39 Å². The first-order valence-corrected chi connectivity index (χ1v) is 11.8. The Balaban J connectivity index is 1.60. The Labute approximate surface area is 204 Å². The van der Waals surface area contributed by atoms with Gasteiger partial charge >= 0.3 is 5.97 Å². The Hall–Kier alpha value is -2.84. The van der Waals surface area contributed by atoms with Crippen LogP contribution in [0.5, 0.6) is 5.88 Å². The van der Waals surface area contributed by atoms with Gasteiger partial charge in [0.15, 0.2) is 5.82 Å². The molecule has 0 spiro atoms. The van der Waals surface area contributed by atoms with Crippen molar-refractivity contribution in [2.24, 2.45) is 0 Å². The fourth-order valence-corrected chi connectivity index (χ4v) is 5.10. The van der Waals surface area contributed by atoms with Crippen LogP contribution in [0.1, 0.15) is 43.0 Å². The predicted molar refractivity (Wildman–Crippen MR) is 128 cm³/mol. The summed E-state index contributed by atoms with van der Waals surface area (Å²) in [5, 5.41) is 9.94. The molecule has 1 aliphatic carbocycles. The van der Waals surface area contributed by atoms with Crippen LogP contribution in [0.4, 0.5) is 10.1 Å². The molecule has 3 aromatic rings. The molecule has 2 fully saturated rings. The number of benzene rings is 1. The number of hydrogen-bond donors (Lipinski definition) is 1. The highest BCUT2D eigenvalue weighted by atomic mass is 35.5. The van der Waals surface area contributed by atoms with Gasteiger partial charge in [0.25, 0.3) is 0 Å². The molecule has 0 amide bonds. The van der Waals surface area contributed by atoms with Crippen LogP contribution in [0, 0.1) is 5.82 Å². The number of carboxylic acid groups (broad SMARTS) is 1. The van der Waals surface area contributed by atoms with E-state index in [1.165, 1.54) is 12.3 Å². The average molecular weight is 506 g/mol. The van der Waals surface area contributed by atoms with Crippen molar-refractivity contribution >= 4 is 45.8 Å². The van der Waals surface area contributed by atoms with E-state index in [0.717, 1.165) is 25.7 Å². The van der Waals surface area contributed by atoms with E-state index in [2.05, 4.69) is 4.98 Å². The SMILES string of the molecule is CC1(n2cc(C(=O)O)c(=O)c3cc(Cl)c(N4CCC[C@@H]4COc4ncccc4Cl)c(F)c32)CC1. The van der Waals surface area contributed by atoms with Crippen LogP contribution in [0.15, 0.2) is 35.4 Å². The number of anilines is 1. The Morgan fingerprint density at radius 3 is 2.79 bits per heavy atom. The summed E-state index contributed by atoms with van der Waals surface area (Å²) in [6, 6.07) is 4.59. The monoisotopic (exact) mass is 505 g/mol. The smallest absolute Gasteiger partial charge is 0.341 e. The van der Waals surface area contributed by atoms with Gasteiger partial charge in [-0.25, -0.2) is 14.2 Å². The largest absolute Gasteiger partial charge is 0.477 e. The zero-order valence-electron chi connectivity index (χ0n) is 18.4. The maximum absolute atomic E-state index is 16.2. The summed E-state index contributed by atoms with van der Waals surface area (Å²) in [7, 11) is 0. The van der Waals surface area contributed by atoms with Crippen molar-refractivity contribution < 1.29 is 19.0 Å². The number of halogens is 3. The number of ether oxygens (including phenoxy) is 1. The first kappa shape index (κ1) is 22.9. The third-order valence-corrected chi connectivity index (χ3v) is 7.32. The highest BCUT2D eigenvalue weighted by Crippen LogP contribution is 2.46. The quantitative estimate of drug-likeness (QED) is 0.501. The first-order valence-electron chi connectivity index (χ1n) is 11.0. The molecule has 7 nitrogen and oxygen atoms in total. The van der Waals surface area contributed by atoms with Crippen molar-refractivity contribution in [2.45, 2.75) is 44.2 Å². The number of hydrogen-bond acceptors (Lipinski definition) is 5. The molecule has 1 N–H and O–H groups in total. The Morgan fingerprint density at radius 1 is 1.35 bits per heavy atom. The third kappa shape index (κ3) is 3.79. The molecule has 1 saturated heterocycles. The van der Waals surface area contributed by atoms with Gasteiger partial charge in [-0.1, -0.05) is 23.2 Å². The molecule has 0 radical (unpaired) electrons. The van der Waals surface area contributed by atoms with Gasteiger partial charge in [-0.05, 0) is 50.8 Å². The Bertz CT molecular complexity index is 1370. The van der Waals surface area contributed by atoms with Gasteiger partial charge in [0, 0.05) is 24.5 Å². The zero-order valence-corrected chi connectivity index (χ0v) is 19.9. The molecule has 10 heteroatoms. The van der Waals surface area contributed by atoms with Gasteiger partial charge in [0.2, 0.25) is 11.3 Å². The molecule has 34 heavy (non-hydrogen) atoms. The molecule has 2 aliphatic rings. The molecule has 1 aromatic carbocycles. The average Bonchev–Trinajstić information content (AvgIpc) is 3.37. The summed E-state index contributed by atoms with van der Waals surface area (Å²) in [6.07, 6.45) is 5.91. The highest BCUT2D eigenvalue weighted by Gasteiger charge is 2.42. The van der Waals surface area contributed by atoms with Crippen molar-refractivity contribution in [3.05, 3.63) is 62.2 Å². The van der Waals surface area contributed by atoms with Crippen molar-refractivity contribution in [3.63, 3.8) is 0 Å². The number of rotatable bonds is 6. The van der Waals surface area contributed by atoms with Crippen LogP contribution >= 0.6 is 23.2 Å². The van der Waals surface area contributed by atoms with Gasteiger partial charge in [0.05, 0.1) is 27.7 Å². The number of pyridine rings is 2. The van der Waals surface area contributed by atoms with E-state index in [9.17, 15) is 14.7 Å². The number of aromatic carboxylic acids is 1. The maximum Gasteiger partial charge on any atom is 0.341 e. The topological polar surface area (TPSA) is 84.7 Å². The molecule has 3 heterocycles. The van der Waals surface area contributed by atoms with Crippen LogP contribution in [-0.4, -0.2) is 39.8 Å². The van der Waals surface area contributed by atoms with Crippen LogP contribution < -0.4 is 15.1 Å². The molecule has 0 unspecified atom stereocenters. The lowest BCUT2D eigenvalue weighted by atomic mass is 10.1. The zero-order chi connectivity index (χ0) is 24.2.